The summed E-state index contributed by atoms with van der Waals surface area (Å²) in [6.45, 7) is 0.459. The first-order valence-corrected chi connectivity index (χ1v) is 4.65. The fraction of sp³-hybridized carbons (Fsp3) is 0.200. The Morgan fingerprint density at radius 3 is 2.80 bits per heavy atom. The minimum absolute atomic E-state index is 0.354. The summed E-state index contributed by atoms with van der Waals surface area (Å²) in [5.41, 5.74) is 1.06. The molecule has 0 aliphatic heterocycles. The van der Waals surface area contributed by atoms with Crippen molar-refractivity contribution in [3.05, 3.63) is 46.4 Å². The SMILES string of the molecule is CNCc1c(=O)o[nH][n+]1-c1ccccc1. The maximum atomic E-state index is 11.3. The molecular weight excluding hydrogens is 194 g/mol. The lowest BCUT2D eigenvalue weighted by Gasteiger charge is -1.92. The van der Waals surface area contributed by atoms with E-state index in [2.05, 4.69) is 10.6 Å². The summed E-state index contributed by atoms with van der Waals surface area (Å²) in [7, 11) is 1.78. The van der Waals surface area contributed by atoms with Crippen molar-refractivity contribution < 1.29 is 9.20 Å². The first kappa shape index (κ1) is 9.67. The van der Waals surface area contributed by atoms with E-state index in [1.807, 2.05) is 30.3 Å². The molecule has 5 nitrogen and oxygen atoms in total. The van der Waals surface area contributed by atoms with Crippen LogP contribution in [0, 0.1) is 0 Å². The molecule has 1 heterocycles. The van der Waals surface area contributed by atoms with Crippen molar-refractivity contribution in [2.24, 2.45) is 0 Å². The van der Waals surface area contributed by atoms with Crippen molar-refractivity contribution in [1.29, 1.82) is 0 Å². The lowest BCUT2D eigenvalue weighted by atomic mass is 10.3. The Bertz CT molecular complexity index is 487. The number of H-pyrrole nitrogens is 1. The zero-order valence-electron chi connectivity index (χ0n) is 8.36. The van der Waals surface area contributed by atoms with Gasteiger partial charge in [0.1, 0.15) is 0 Å². The molecule has 0 aliphatic carbocycles. The highest BCUT2D eigenvalue weighted by Gasteiger charge is 2.21. The molecule has 0 spiro atoms. The molecule has 78 valence electrons. The van der Waals surface area contributed by atoms with Gasteiger partial charge in [-0.25, -0.2) is 4.79 Å². The van der Waals surface area contributed by atoms with Crippen LogP contribution in [0.1, 0.15) is 5.69 Å². The topological polar surface area (TPSA) is 61.9 Å². The Morgan fingerprint density at radius 1 is 1.40 bits per heavy atom. The summed E-state index contributed by atoms with van der Waals surface area (Å²) in [5, 5.41) is 5.48. The number of hydrogen-bond donors (Lipinski definition) is 2. The van der Waals surface area contributed by atoms with E-state index in [1.165, 1.54) is 0 Å². The highest BCUT2D eigenvalue weighted by atomic mass is 16.5. The normalized spacial score (nSPS) is 10.5. The minimum Gasteiger partial charge on any atom is -0.310 e. The number of nitrogens with one attached hydrogen (secondary N) is 2. The van der Waals surface area contributed by atoms with E-state index in [9.17, 15) is 4.79 Å². The monoisotopic (exact) mass is 206 g/mol. The number of rotatable bonds is 3. The van der Waals surface area contributed by atoms with Gasteiger partial charge in [-0.3, -0.25) is 4.52 Å². The fourth-order valence-corrected chi connectivity index (χ4v) is 1.40. The average Bonchev–Trinajstić information content (AvgIpc) is 2.63. The summed E-state index contributed by atoms with van der Waals surface area (Å²) < 4.78 is 6.37. The van der Waals surface area contributed by atoms with Crippen LogP contribution in [0.5, 0.6) is 0 Å². The highest BCUT2D eigenvalue weighted by molar-refractivity contribution is 5.21. The molecule has 5 heteroatoms. The first-order valence-electron chi connectivity index (χ1n) is 4.65. The van der Waals surface area contributed by atoms with Gasteiger partial charge in [0.05, 0.1) is 6.54 Å². The van der Waals surface area contributed by atoms with E-state index in [0.717, 1.165) is 5.69 Å². The van der Waals surface area contributed by atoms with Crippen LogP contribution in [0.25, 0.3) is 5.69 Å². The molecule has 1 aromatic heterocycles. The van der Waals surface area contributed by atoms with Gasteiger partial charge in [0.25, 0.3) is 0 Å². The van der Waals surface area contributed by atoms with Crippen molar-refractivity contribution in [3.63, 3.8) is 0 Å². The van der Waals surface area contributed by atoms with Gasteiger partial charge in [0.15, 0.2) is 0 Å². The third-order valence-electron chi connectivity index (χ3n) is 2.09. The predicted molar refractivity (Wildman–Crippen MR) is 53.6 cm³/mol. The molecule has 2 aromatic rings. The molecule has 0 atom stereocenters. The van der Waals surface area contributed by atoms with Gasteiger partial charge in [0.2, 0.25) is 5.69 Å². The van der Waals surface area contributed by atoms with Gasteiger partial charge >= 0.3 is 11.3 Å². The third kappa shape index (κ3) is 1.82. The second-order valence-corrected chi connectivity index (χ2v) is 3.13. The molecule has 2 N–H and O–H groups in total. The number of nitrogens with zero attached hydrogens (tertiary/aromatic N) is 1. The van der Waals surface area contributed by atoms with E-state index in [4.69, 9.17) is 4.52 Å². The Morgan fingerprint density at radius 2 is 2.13 bits per heavy atom. The average molecular weight is 206 g/mol. The summed E-state index contributed by atoms with van der Waals surface area (Å²) in [4.78, 5) is 11.3. The highest BCUT2D eigenvalue weighted by Crippen LogP contribution is 1.97. The van der Waals surface area contributed by atoms with Crippen LogP contribution in [-0.2, 0) is 6.54 Å². The van der Waals surface area contributed by atoms with Crippen LogP contribution in [0.15, 0.2) is 39.6 Å². The summed E-state index contributed by atoms with van der Waals surface area (Å²) in [6.07, 6.45) is 0. The third-order valence-corrected chi connectivity index (χ3v) is 2.09. The van der Waals surface area contributed by atoms with E-state index < -0.39 is 0 Å². The van der Waals surface area contributed by atoms with Gasteiger partial charge in [-0.15, -0.1) is 0 Å². The van der Waals surface area contributed by atoms with Crippen molar-refractivity contribution in [1.82, 2.24) is 10.6 Å². The van der Waals surface area contributed by atoms with Crippen molar-refractivity contribution >= 4 is 0 Å². The van der Waals surface area contributed by atoms with Crippen molar-refractivity contribution in [3.8, 4) is 5.69 Å². The molecule has 1 aromatic carbocycles. The Balaban J connectivity index is 2.49. The van der Waals surface area contributed by atoms with Gasteiger partial charge < -0.3 is 5.32 Å². The van der Waals surface area contributed by atoms with Gasteiger partial charge in [-0.2, -0.15) is 0 Å². The van der Waals surface area contributed by atoms with E-state index >= 15 is 0 Å². The van der Waals surface area contributed by atoms with Gasteiger partial charge in [-0.1, -0.05) is 18.2 Å². The molecular formula is C10H12N3O2+. The lowest BCUT2D eigenvalue weighted by Crippen LogP contribution is -2.40. The molecule has 0 radical (unpaired) electrons. The quantitative estimate of drug-likeness (QED) is 0.693. The summed E-state index contributed by atoms with van der Waals surface area (Å²) in [5.74, 6) is 0. The number of para-hydroxylation sites is 1. The van der Waals surface area contributed by atoms with Crippen LogP contribution in [0.2, 0.25) is 0 Å². The molecule has 0 aliphatic rings. The standard InChI is InChI=1S/C10H11N3O2/c1-11-7-9-10(14)15-12-13(9)8-5-3-2-4-6-8/h2-6,11H,7H2,1H3/p+1. The Hall–Kier alpha value is -1.88. The largest absolute Gasteiger partial charge is 0.431 e. The molecule has 0 unspecified atom stereocenters. The van der Waals surface area contributed by atoms with Crippen molar-refractivity contribution in [2.45, 2.75) is 6.54 Å². The van der Waals surface area contributed by atoms with Crippen molar-refractivity contribution in [2.75, 3.05) is 7.05 Å². The zero-order chi connectivity index (χ0) is 10.7. The summed E-state index contributed by atoms with van der Waals surface area (Å²) in [6, 6.07) is 9.50. The predicted octanol–water partition coefficient (Wildman–Crippen LogP) is -0.0360. The van der Waals surface area contributed by atoms with E-state index in [0.29, 0.717) is 12.2 Å². The zero-order valence-corrected chi connectivity index (χ0v) is 8.36. The molecule has 0 amide bonds. The maximum absolute atomic E-state index is 11.3. The molecule has 2 rings (SSSR count). The van der Waals surface area contributed by atoms with Gasteiger partial charge in [-0.05, 0) is 17.0 Å². The van der Waals surface area contributed by atoms with Crippen LogP contribution in [0.3, 0.4) is 0 Å². The van der Waals surface area contributed by atoms with Crippen LogP contribution >= 0.6 is 0 Å². The van der Waals surface area contributed by atoms with E-state index in [-0.39, 0.29) is 5.63 Å². The second kappa shape index (κ2) is 4.10. The fourth-order valence-electron chi connectivity index (χ4n) is 1.40. The number of benzene rings is 1. The smallest absolute Gasteiger partial charge is 0.310 e. The minimum atomic E-state index is -0.354. The van der Waals surface area contributed by atoms with Crippen LogP contribution < -0.4 is 15.6 Å². The molecule has 0 bridgehead atoms. The Kier molecular flexibility index (Phi) is 2.64. The molecule has 15 heavy (non-hydrogen) atoms. The number of aromatic amines is 1. The van der Waals surface area contributed by atoms with Gasteiger partial charge in [0, 0.05) is 12.1 Å². The lowest BCUT2D eigenvalue weighted by molar-refractivity contribution is -0.677. The van der Waals surface area contributed by atoms with Crippen LogP contribution in [0.4, 0.5) is 0 Å². The number of aromatic nitrogens is 2. The molecule has 0 saturated carbocycles. The first-order chi connectivity index (χ1) is 7.33. The molecule has 0 fully saturated rings. The van der Waals surface area contributed by atoms with Crippen LogP contribution in [-0.4, -0.2) is 12.3 Å². The summed E-state index contributed by atoms with van der Waals surface area (Å²) >= 11 is 0. The second-order valence-electron chi connectivity index (χ2n) is 3.13. The van der Waals surface area contributed by atoms with E-state index in [1.54, 1.807) is 11.7 Å². The maximum Gasteiger partial charge on any atom is 0.431 e. The Labute approximate surface area is 86.3 Å². The number of hydrogen-bond acceptors (Lipinski definition) is 3. The molecule has 0 saturated heterocycles.